The Morgan fingerprint density at radius 2 is 1.94 bits per heavy atom. The summed E-state index contributed by atoms with van der Waals surface area (Å²) >= 11 is 1.38. The maximum Gasteiger partial charge on any atom is 0.203 e. The van der Waals surface area contributed by atoms with Gasteiger partial charge in [-0.2, -0.15) is 0 Å². The van der Waals surface area contributed by atoms with Crippen molar-refractivity contribution in [1.82, 2.24) is 15.2 Å². The van der Waals surface area contributed by atoms with Gasteiger partial charge in [0.25, 0.3) is 0 Å². The van der Waals surface area contributed by atoms with E-state index in [1.54, 1.807) is 6.20 Å². The summed E-state index contributed by atoms with van der Waals surface area (Å²) in [5.41, 5.74) is 7.57. The smallest absolute Gasteiger partial charge is 0.203 e. The molecule has 0 spiro atoms. The van der Waals surface area contributed by atoms with Crippen LogP contribution in [0.25, 0.3) is 21.5 Å². The second-order valence-electron chi connectivity index (χ2n) is 3.32. The highest BCUT2D eigenvalue weighted by Crippen LogP contribution is 2.30. The van der Waals surface area contributed by atoms with Crippen molar-refractivity contribution in [3.8, 4) is 10.6 Å². The molecule has 4 nitrogen and oxygen atoms in total. The fraction of sp³-hybridized carbons (Fsp3) is 0. The number of pyridine rings is 1. The molecule has 2 aromatic heterocycles. The Hall–Kier alpha value is -2.01. The molecule has 5 heteroatoms. The van der Waals surface area contributed by atoms with E-state index in [2.05, 4.69) is 15.2 Å². The summed E-state index contributed by atoms with van der Waals surface area (Å²) in [6.45, 7) is 0. The molecule has 0 radical (unpaired) electrons. The Kier molecular flexibility index (Phi) is 2.04. The average molecular weight is 228 g/mol. The van der Waals surface area contributed by atoms with Crippen LogP contribution in [-0.4, -0.2) is 15.2 Å². The largest absolute Gasteiger partial charge is 0.374 e. The molecule has 16 heavy (non-hydrogen) atoms. The Balaban J connectivity index is 2.31. The van der Waals surface area contributed by atoms with Crippen molar-refractivity contribution in [2.45, 2.75) is 0 Å². The van der Waals surface area contributed by atoms with Crippen LogP contribution in [0.15, 0.2) is 36.5 Å². The van der Waals surface area contributed by atoms with Gasteiger partial charge in [0.1, 0.15) is 5.01 Å². The summed E-state index contributed by atoms with van der Waals surface area (Å²) in [6, 6.07) is 9.88. The van der Waals surface area contributed by atoms with Gasteiger partial charge < -0.3 is 5.73 Å². The lowest BCUT2D eigenvalue weighted by Crippen LogP contribution is -1.83. The molecule has 0 fully saturated rings. The van der Waals surface area contributed by atoms with E-state index < -0.39 is 0 Å². The first-order valence-corrected chi connectivity index (χ1v) is 5.59. The third kappa shape index (κ3) is 1.42. The van der Waals surface area contributed by atoms with E-state index in [9.17, 15) is 0 Å². The topological polar surface area (TPSA) is 64.7 Å². The quantitative estimate of drug-likeness (QED) is 0.694. The van der Waals surface area contributed by atoms with Crippen molar-refractivity contribution in [2.24, 2.45) is 0 Å². The number of fused-ring (bicyclic) bond motifs is 1. The summed E-state index contributed by atoms with van der Waals surface area (Å²) in [7, 11) is 0. The summed E-state index contributed by atoms with van der Waals surface area (Å²) < 4.78 is 0. The normalized spacial score (nSPS) is 10.8. The SMILES string of the molecule is Nc1nnc(-c2ccnc3ccccc23)s1. The highest BCUT2D eigenvalue weighted by atomic mass is 32.1. The van der Waals surface area contributed by atoms with Gasteiger partial charge in [-0.05, 0) is 12.1 Å². The van der Waals surface area contributed by atoms with Crippen molar-refractivity contribution in [1.29, 1.82) is 0 Å². The van der Waals surface area contributed by atoms with Gasteiger partial charge in [0.05, 0.1) is 5.52 Å². The number of aromatic nitrogens is 3. The minimum Gasteiger partial charge on any atom is -0.374 e. The number of hydrogen-bond donors (Lipinski definition) is 1. The van der Waals surface area contributed by atoms with Gasteiger partial charge in [-0.15, -0.1) is 10.2 Å². The fourth-order valence-electron chi connectivity index (χ4n) is 1.63. The number of rotatable bonds is 1. The molecule has 0 aliphatic heterocycles. The number of nitrogen functional groups attached to an aromatic ring is 1. The van der Waals surface area contributed by atoms with Crippen LogP contribution in [0.2, 0.25) is 0 Å². The minimum atomic E-state index is 0.482. The van der Waals surface area contributed by atoms with Gasteiger partial charge in [-0.1, -0.05) is 29.5 Å². The van der Waals surface area contributed by atoms with Crippen LogP contribution < -0.4 is 5.73 Å². The van der Waals surface area contributed by atoms with Crippen LogP contribution in [0.5, 0.6) is 0 Å². The summed E-state index contributed by atoms with van der Waals surface area (Å²) in [4.78, 5) is 4.30. The lowest BCUT2D eigenvalue weighted by Gasteiger charge is -2.01. The second-order valence-corrected chi connectivity index (χ2v) is 4.33. The zero-order chi connectivity index (χ0) is 11.0. The molecule has 0 unspecified atom stereocenters. The Bertz CT molecular complexity index is 642. The molecule has 2 heterocycles. The zero-order valence-electron chi connectivity index (χ0n) is 8.29. The van der Waals surface area contributed by atoms with Gasteiger partial charge in [-0.25, -0.2) is 0 Å². The van der Waals surface area contributed by atoms with Crippen LogP contribution in [0.1, 0.15) is 0 Å². The Morgan fingerprint density at radius 1 is 1.06 bits per heavy atom. The number of nitrogens with zero attached hydrogens (tertiary/aromatic N) is 3. The Labute approximate surface area is 95.8 Å². The van der Waals surface area contributed by atoms with Crippen molar-refractivity contribution in [3.63, 3.8) is 0 Å². The summed E-state index contributed by atoms with van der Waals surface area (Å²) in [5, 5.41) is 10.3. The first kappa shape index (κ1) is 9.23. The first-order chi connectivity index (χ1) is 7.84. The lowest BCUT2D eigenvalue weighted by molar-refractivity contribution is 1.10. The van der Waals surface area contributed by atoms with Crippen LogP contribution in [-0.2, 0) is 0 Å². The summed E-state index contributed by atoms with van der Waals surface area (Å²) in [5.74, 6) is 0. The maximum atomic E-state index is 5.59. The average Bonchev–Trinajstić information content (AvgIpc) is 2.75. The van der Waals surface area contributed by atoms with Gasteiger partial charge in [0, 0.05) is 17.1 Å². The number of nitrogens with two attached hydrogens (primary N) is 1. The van der Waals surface area contributed by atoms with Crippen molar-refractivity contribution < 1.29 is 0 Å². The number of para-hydroxylation sites is 1. The molecular formula is C11H8N4S. The van der Waals surface area contributed by atoms with Crippen molar-refractivity contribution in [2.75, 3.05) is 5.73 Å². The van der Waals surface area contributed by atoms with Crippen molar-refractivity contribution in [3.05, 3.63) is 36.5 Å². The molecule has 2 N–H and O–H groups in total. The highest BCUT2D eigenvalue weighted by Gasteiger charge is 2.08. The molecule has 78 valence electrons. The lowest BCUT2D eigenvalue weighted by atomic mass is 10.1. The molecule has 0 atom stereocenters. The van der Waals surface area contributed by atoms with Gasteiger partial charge in [0.2, 0.25) is 5.13 Å². The second kappa shape index (κ2) is 3.53. The monoisotopic (exact) mass is 228 g/mol. The van der Waals surface area contributed by atoms with E-state index in [0.717, 1.165) is 21.5 Å². The number of anilines is 1. The predicted octanol–water partition coefficient (Wildman–Crippen LogP) is 2.34. The van der Waals surface area contributed by atoms with Gasteiger partial charge >= 0.3 is 0 Å². The minimum absolute atomic E-state index is 0.482. The maximum absolute atomic E-state index is 5.59. The van der Waals surface area contributed by atoms with E-state index in [1.807, 2.05) is 30.3 Å². The molecule has 0 aliphatic rings. The number of benzene rings is 1. The molecule has 0 aliphatic carbocycles. The van der Waals surface area contributed by atoms with E-state index in [-0.39, 0.29) is 0 Å². The molecule has 0 saturated heterocycles. The fourth-order valence-corrected chi connectivity index (χ4v) is 2.28. The third-order valence-electron chi connectivity index (χ3n) is 2.32. The zero-order valence-corrected chi connectivity index (χ0v) is 9.11. The van der Waals surface area contributed by atoms with Crippen LogP contribution >= 0.6 is 11.3 Å². The molecule has 3 rings (SSSR count). The Morgan fingerprint density at radius 3 is 2.75 bits per heavy atom. The first-order valence-electron chi connectivity index (χ1n) is 4.78. The molecular weight excluding hydrogens is 220 g/mol. The van der Waals surface area contributed by atoms with E-state index >= 15 is 0 Å². The van der Waals surface area contributed by atoms with Gasteiger partial charge in [-0.3, -0.25) is 4.98 Å². The van der Waals surface area contributed by atoms with Crippen LogP contribution in [0.3, 0.4) is 0 Å². The third-order valence-corrected chi connectivity index (χ3v) is 3.11. The molecule has 0 amide bonds. The standard InChI is InChI=1S/C11H8N4S/c12-11-15-14-10(16-11)8-5-6-13-9-4-2-1-3-7(8)9/h1-6H,(H2,12,15). The van der Waals surface area contributed by atoms with E-state index in [1.165, 1.54) is 11.3 Å². The van der Waals surface area contributed by atoms with Crippen LogP contribution in [0, 0.1) is 0 Å². The highest BCUT2D eigenvalue weighted by molar-refractivity contribution is 7.18. The molecule has 0 saturated carbocycles. The molecule has 3 aromatic rings. The van der Waals surface area contributed by atoms with Crippen molar-refractivity contribution >= 4 is 27.4 Å². The van der Waals surface area contributed by atoms with Gasteiger partial charge in [0.15, 0.2) is 0 Å². The van der Waals surface area contributed by atoms with Crippen LogP contribution in [0.4, 0.5) is 5.13 Å². The predicted molar refractivity (Wildman–Crippen MR) is 65.1 cm³/mol. The molecule has 1 aromatic carbocycles. The van der Waals surface area contributed by atoms with E-state index in [4.69, 9.17) is 5.73 Å². The number of hydrogen-bond acceptors (Lipinski definition) is 5. The van der Waals surface area contributed by atoms with E-state index in [0.29, 0.717) is 5.13 Å². The molecule has 0 bridgehead atoms. The summed E-state index contributed by atoms with van der Waals surface area (Å²) in [6.07, 6.45) is 1.77.